The van der Waals surface area contributed by atoms with Crippen LogP contribution in [0.2, 0.25) is 0 Å². The standard InChI is InChI=1S/C17H18BrN3O2.C2H6/c1-2-23-15(22)12-10-19-16(20-11-12)21-17(8-3-9-17)13-4-6-14(18)7-5-13;1-2/h4-7,10-11H,2-3,8-9H2,1H3,(H,19,20,21);1-2H3. The summed E-state index contributed by atoms with van der Waals surface area (Å²) in [6.45, 7) is 6.11. The smallest absolute Gasteiger partial charge is 0.341 e. The fraction of sp³-hybridized carbons (Fsp3) is 0.421. The second-order valence-electron chi connectivity index (χ2n) is 5.58. The van der Waals surface area contributed by atoms with E-state index < -0.39 is 5.97 Å². The molecule has 1 aromatic heterocycles. The van der Waals surface area contributed by atoms with Gasteiger partial charge in [-0.05, 0) is 43.9 Å². The van der Waals surface area contributed by atoms with Crippen molar-refractivity contribution in [2.75, 3.05) is 11.9 Å². The lowest BCUT2D eigenvalue weighted by atomic mass is 9.72. The number of nitrogens with one attached hydrogen (secondary N) is 1. The number of anilines is 1. The zero-order valence-corrected chi connectivity index (χ0v) is 16.5. The summed E-state index contributed by atoms with van der Waals surface area (Å²) in [6, 6.07) is 8.32. The van der Waals surface area contributed by atoms with Gasteiger partial charge >= 0.3 is 5.97 Å². The van der Waals surface area contributed by atoms with E-state index in [1.165, 1.54) is 24.4 Å². The number of hydrogen-bond acceptors (Lipinski definition) is 5. The molecule has 0 bridgehead atoms. The third-order valence-corrected chi connectivity index (χ3v) is 4.65. The van der Waals surface area contributed by atoms with E-state index in [4.69, 9.17) is 4.74 Å². The largest absolute Gasteiger partial charge is 0.462 e. The van der Waals surface area contributed by atoms with Crippen LogP contribution >= 0.6 is 15.9 Å². The van der Waals surface area contributed by atoms with Crippen LogP contribution in [0.4, 0.5) is 5.95 Å². The second-order valence-corrected chi connectivity index (χ2v) is 6.50. The van der Waals surface area contributed by atoms with E-state index in [0.29, 0.717) is 18.1 Å². The van der Waals surface area contributed by atoms with Gasteiger partial charge in [0.25, 0.3) is 0 Å². The molecular weight excluding hydrogens is 382 g/mol. The average molecular weight is 406 g/mol. The van der Waals surface area contributed by atoms with E-state index in [1.54, 1.807) is 6.92 Å². The van der Waals surface area contributed by atoms with Crippen molar-refractivity contribution in [2.45, 2.75) is 45.6 Å². The Hall–Kier alpha value is -1.95. The molecule has 1 aromatic carbocycles. The van der Waals surface area contributed by atoms with Crippen molar-refractivity contribution in [1.29, 1.82) is 0 Å². The maximum Gasteiger partial charge on any atom is 0.341 e. The van der Waals surface area contributed by atoms with Gasteiger partial charge in [0, 0.05) is 16.9 Å². The Balaban J connectivity index is 0.00000109. The number of carbonyl (C=O) groups is 1. The lowest BCUT2D eigenvalue weighted by Crippen LogP contribution is -2.42. The molecule has 134 valence electrons. The molecule has 0 radical (unpaired) electrons. The molecule has 0 amide bonds. The number of halogens is 1. The Morgan fingerprint density at radius 2 is 1.80 bits per heavy atom. The average Bonchev–Trinajstić information content (AvgIpc) is 2.61. The van der Waals surface area contributed by atoms with Crippen LogP contribution in [0.1, 0.15) is 56.0 Å². The van der Waals surface area contributed by atoms with Crippen LogP contribution in [0.15, 0.2) is 41.1 Å². The molecule has 1 fully saturated rings. The number of nitrogens with zero attached hydrogens (tertiary/aromatic N) is 2. The van der Waals surface area contributed by atoms with Crippen LogP contribution in [0.3, 0.4) is 0 Å². The maximum atomic E-state index is 11.6. The van der Waals surface area contributed by atoms with Crippen molar-refractivity contribution >= 4 is 27.8 Å². The van der Waals surface area contributed by atoms with Gasteiger partial charge in [-0.15, -0.1) is 0 Å². The molecule has 1 aliphatic carbocycles. The third kappa shape index (κ3) is 4.57. The summed E-state index contributed by atoms with van der Waals surface area (Å²) in [6.07, 6.45) is 6.25. The van der Waals surface area contributed by atoms with Gasteiger partial charge in [0.1, 0.15) is 0 Å². The van der Waals surface area contributed by atoms with E-state index in [1.807, 2.05) is 26.0 Å². The Morgan fingerprint density at radius 1 is 1.20 bits per heavy atom. The molecule has 3 rings (SSSR count). The predicted octanol–water partition coefficient (Wildman–Crippen LogP) is 4.93. The normalized spacial score (nSPS) is 14.6. The lowest BCUT2D eigenvalue weighted by Gasteiger charge is -2.43. The van der Waals surface area contributed by atoms with E-state index in [-0.39, 0.29) is 5.54 Å². The van der Waals surface area contributed by atoms with Crippen LogP contribution in [0.5, 0.6) is 0 Å². The Kier molecular flexibility index (Phi) is 6.93. The molecule has 0 spiro atoms. The quantitative estimate of drug-likeness (QED) is 0.713. The van der Waals surface area contributed by atoms with Crippen molar-refractivity contribution in [3.8, 4) is 0 Å². The lowest BCUT2D eigenvalue weighted by molar-refractivity contribution is 0.0525. The van der Waals surface area contributed by atoms with Gasteiger partial charge in [-0.1, -0.05) is 41.9 Å². The second kappa shape index (κ2) is 8.94. The third-order valence-electron chi connectivity index (χ3n) is 4.12. The number of carbonyl (C=O) groups excluding carboxylic acids is 1. The van der Waals surface area contributed by atoms with Gasteiger partial charge in [-0.2, -0.15) is 0 Å². The number of rotatable bonds is 5. The van der Waals surface area contributed by atoms with Crippen molar-refractivity contribution < 1.29 is 9.53 Å². The predicted molar refractivity (Wildman–Crippen MR) is 103 cm³/mol. The fourth-order valence-corrected chi connectivity index (χ4v) is 2.98. The van der Waals surface area contributed by atoms with Gasteiger partial charge in [0.05, 0.1) is 17.7 Å². The number of benzene rings is 1. The monoisotopic (exact) mass is 405 g/mol. The van der Waals surface area contributed by atoms with Gasteiger partial charge in [-0.25, -0.2) is 14.8 Å². The first-order valence-electron chi connectivity index (χ1n) is 8.66. The minimum absolute atomic E-state index is 0.119. The van der Waals surface area contributed by atoms with E-state index >= 15 is 0 Å². The molecule has 1 N–H and O–H groups in total. The van der Waals surface area contributed by atoms with E-state index in [2.05, 4.69) is 43.3 Å². The van der Waals surface area contributed by atoms with Crippen molar-refractivity contribution in [3.63, 3.8) is 0 Å². The SMILES string of the molecule is CC.CCOC(=O)c1cnc(NC2(c3ccc(Br)cc3)CCC2)nc1. The van der Waals surface area contributed by atoms with Crippen LogP contribution in [-0.2, 0) is 10.3 Å². The van der Waals surface area contributed by atoms with Gasteiger partial charge in [0.2, 0.25) is 5.95 Å². The van der Waals surface area contributed by atoms with Crippen LogP contribution in [0.25, 0.3) is 0 Å². The number of hydrogen-bond donors (Lipinski definition) is 1. The van der Waals surface area contributed by atoms with Crippen LogP contribution < -0.4 is 5.32 Å². The first kappa shape index (κ1) is 19.4. The summed E-state index contributed by atoms with van der Waals surface area (Å²) < 4.78 is 6.00. The molecule has 0 saturated heterocycles. The van der Waals surface area contributed by atoms with Gasteiger partial charge in [0.15, 0.2) is 0 Å². The first-order valence-corrected chi connectivity index (χ1v) is 9.46. The molecule has 25 heavy (non-hydrogen) atoms. The van der Waals surface area contributed by atoms with Crippen molar-refractivity contribution in [3.05, 3.63) is 52.3 Å². The summed E-state index contributed by atoms with van der Waals surface area (Å²) in [7, 11) is 0. The highest BCUT2D eigenvalue weighted by atomic mass is 79.9. The van der Waals surface area contributed by atoms with Gasteiger partial charge < -0.3 is 10.1 Å². The maximum absolute atomic E-state index is 11.6. The zero-order valence-electron chi connectivity index (χ0n) is 14.9. The summed E-state index contributed by atoms with van der Waals surface area (Å²) in [5.41, 5.74) is 1.47. The first-order chi connectivity index (χ1) is 12.1. The molecular formula is C19H24BrN3O2. The molecule has 1 saturated carbocycles. The minimum atomic E-state index is -0.398. The Bertz CT molecular complexity index is 683. The van der Waals surface area contributed by atoms with Crippen LogP contribution in [0, 0.1) is 0 Å². The molecule has 1 aliphatic rings. The van der Waals surface area contributed by atoms with Gasteiger partial charge in [-0.3, -0.25) is 0 Å². The molecule has 0 aliphatic heterocycles. The van der Waals surface area contributed by atoms with Crippen molar-refractivity contribution in [2.24, 2.45) is 0 Å². The Labute approximate surface area is 157 Å². The van der Waals surface area contributed by atoms with E-state index in [0.717, 1.165) is 17.3 Å². The minimum Gasteiger partial charge on any atom is -0.462 e. The highest BCUT2D eigenvalue weighted by Crippen LogP contribution is 2.43. The molecule has 0 unspecified atom stereocenters. The Morgan fingerprint density at radius 3 is 2.28 bits per heavy atom. The molecule has 0 atom stereocenters. The number of esters is 1. The zero-order chi connectivity index (χ0) is 18.3. The fourth-order valence-electron chi connectivity index (χ4n) is 2.71. The highest BCUT2D eigenvalue weighted by Gasteiger charge is 2.39. The highest BCUT2D eigenvalue weighted by molar-refractivity contribution is 9.10. The topological polar surface area (TPSA) is 64.1 Å². The summed E-state index contributed by atoms with van der Waals surface area (Å²) >= 11 is 3.46. The summed E-state index contributed by atoms with van der Waals surface area (Å²) in [4.78, 5) is 20.2. The molecule has 1 heterocycles. The number of ether oxygens (including phenoxy) is 1. The molecule has 6 heteroatoms. The number of aromatic nitrogens is 2. The van der Waals surface area contributed by atoms with Crippen molar-refractivity contribution in [1.82, 2.24) is 9.97 Å². The summed E-state index contributed by atoms with van der Waals surface area (Å²) in [5, 5.41) is 3.44. The van der Waals surface area contributed by atoms with E-state index in [9.17, 15) is 4.79 Å². The molecule has 5 nitrogen and oxygen atoms in total. The molecule has 2 aromatic rings. The summed E-state index contributed by atoms with van der Waals surface area (Å²) in [5.74, 6) is 0.131. The van der Waals surface area contributed by atoms with Crippen LogP contribution in [-0.4, -0.2) is 22.5 Å².